The Labute approximate surface area is 177 Å². The summed E-state index contributed by atoms with van der Waals surface area (Å²) in [6.07, 6.45) is 2.44. The van der Waals surface area contributed by atoms with Gasteiger partial charge in [-0.2, -0.15) is 0 Å². The molecule has 1 aliphatic heterocycles. The fourth-order valence-electron chi connectivity index (χ4n) is 3.81. The minimum atomic E-state index is -0.139. The Hall–Kier alpha value is -3.00. The van der Waals surface area contributed by atoms with Crippen molar-refractivity contribution >= 4 is 5.91 Å². The van der Waals surface area contributed by atoms with E-state index < -0.39 is 0 Å². The van der Waals surface area contributed by atoms with Crippen molar-refractivity contribution in [1.82, 2.24) is 9.47 Å². The van der Waals surface area contributed by atoms with Crippen LogP contribution in [0.2, 0.25) is 0 Å². The van der Waals surface area contributed by atoms with Crippen molar-refractivity contribution in [3.63, 3.8) is 0 Å². The molecule has 2 aromatic rings. The van der Waals surface area contributed by atoms with Gasteiger partial charge in [0, 0.05) is 36.3 Å². The number of nitrogens with zero attached hydrogens (tertiary/aromatic N) is 2. The average Bonchev–Trinajstić information content (AvgIpc) is 3.52. The molecule has 5 heteroatoms. The normalized spacial score (nSPS) is 17.0. The van der Waals surface area contributed by atoms with Gasteiger partial charge in [0.25, 0.3) is 11.5 Å². The quantitative estimate of drug-likeness (QED) is 0.718. The van der Waals surface area contributed by atoms with Crippen LogP contribution in [0, 0.1) is 30.6 Å². The minimum absolute atomic E-state index is 0.0332. The summed E-state index contributed by atoms with van der Waals surface area (Å²) in [5.74, 6) is 8.03. The number of aryl methyl sites for hydroxylation is 1. The van der Waals surface area contributed by atoms with E-state index in [9.17, 15) is 9.59 Å². The second-order valence-electron chi connectivity index (χ2n) is 8.57. The lowest BCUT2D eigenvalue weighted by Crippen LogP contribution is -2.50. The molecule has 0 spiro atoms. The Morgan fingerprint density at radius 2 is 1.90 bits per heavy atom. The monoisotopic (exact) mass is 404 g/mol. The van der Waals surface area contributed by atoms with E-state index >= 15 is 0 Å². The van der Waals surface area contributed by atoms with Gasteiger partial charge in [-0.3, -0.25) is 9.59 Å². The number of amides is 1. The highest BCUT2D eigenvalue weighted by molar-refractivity contribution is 5.78. The van der Waals surface area contributed by atoms with Crippen molar-refractivity contribution in [1.29, 1.82) is 0 Å². The first-order valence-corrected chi connectivity index (χ1v) is 10.7. The SMILES string of the molecule is Cc1cc(OCC(=O)N2CC(C)C2)cc(=O)n1[C@H](C)c1ccc(C#CC2CC2)cc1. The maximum absolute atomic E-state index is 12.8. The zero-order valence-corrected chi connectivity index (χ0v) is 17.9. The summed E-state index contributed by atoms with van der Waals surface area (Å²) in [5.41, 5.74) is 2.72. The van der Waals surface area contributed by atoms with Crippen LogP contribution in [0.3, 0.4) is 0 Å². The Kier molecular flexibility index (Phi) is 5.67. The molecule has 1 saturated carbocycles. The number of hydrogen-bond donors (Lipinski definition) is 0. The topological polar surface area (TPSA) is 51.5 Å². The number of likely N-dealkylation sites (tertiary alicyclic amines) is 1. The van der Waals surface area contributed by atoms with Gasteiger partial charge in [0.1, 0.15) is 5.75 Å². The molecule has 5 nitrogen and oxygen atoms in total. The van der Waals surface area contributed by atoms with E-state index in [1.807, 2.05) is 44.2 Å². The van der Waals surface area contributed by atoms with Crippen molar-refractivity contribution in [3.05, 3.63) is 63.6 Å². The summed E-state index contributed by atoms with van der Waals surface area (Å²) < 4.78 is 7.36. The molecule has 1 saturated heterocycles. The van der Waals surface area contributed by atoms with E-state index in [0.29, 0.717) is 17.6 Å². The van der Waals surface area contributed by atoms with E-state index in [0.717, 1.165) is 29.9 Å². The van der Waals surface area contributed by atoms with E-state index in [2.05, 4.69) is 18.8 Å². The molecule has 0 bridgehead atoms. The molecule has 30 heavy (non-hydrogen) atoms. The van der Waals surface area contributed by atoms with Gasteiger partial charge < -0.3 is 14.2 Å². The lowest BCUT2D eigenvalue weighted by Gasteiger charge is -2.37. The predicted octanol–water partition coefficient (Wildman–Crippen LogP) is 3.38. The first kappa shape index (κ1) is 20.3. The van der Waals surface area contributed by atoms with Crippen LogP contribution in [0.25, 0.3) is 0 Å². The Morgan fingerprint density at radius 1 is 1.20 bits per heavy atom. The minimum Gasteiger partial charge on any atom is -0.484 e. The molecule has 1 aromatic heterocycles. The number of carbonyl (C=O) groups is 1. The highest BCUT2D eigenvalue weighted by Crippen LogP contribution is 2.27. The lowest BCUT2D eigenvalue weighted by molar-refractivity contribution is -0.139. The van der Waals surface area contributed by atoms with Crippen molar-refractivity contribution in [3.8, 4) is 17.6 Å². The van der Waals surface area contributed by atoms with Gasteiger partial charge in [0.15, 0.2) is 6.61 Å². The van der Waals surface area contributed by atoms with Crippen LogP contribution >= 0.6 is 0 Å². The van der Waals surface area contributed by atoms with Crippen molar-refractivity contribution in [2.24, 2.45) is 11.8 Å². The summed E-state index contributed by atoms with van der Waals surface area (Å²) in [5, 5.41) is 0. The standard InChI is InChI=1S/C25H28N2O3/c1-17-14-26(15-17)25(29)16-30-23-12-18(2)27(24(28)13-23)19(3)22-10-8-21(9-11-22)7-6-20-4-5-20/h8-13,17,19-20H,4-5,14-16H2,1-3H3/t19-/m1/s1. The first-order valence-electron chi connectivity index (χ1n) is 10.7. The number of ether oxygens (including phenoxy) is 1. The van der Waals surface area contributed by atoms with Crippen LogP contribution < -0.4 is 10.3 Å². The summed E-state index contributed by atoms with van der Waals surface area (Å²) in [6.45, 7) is 7.54. The van der Waals surface area contributed by atoms with E-state index in [1.54, 1.807) is 9.47 Å². The first-order chi connectivity index (χ1) is 14.4. The molecule has 4 rings (SSSR count). The molecule has 0 radical (unpaired) electrons. The molecule has 1 aromatic carbocycles. The maximum atomic E-state index is 12.8. The van der Waals surface area contributed by atoms with Crippen LogP contribution in [-0.2, 0) is 4.79 Å². The van der Waals surface area contributed by atoms with Crippen LogP contribution in [0.4, 0.5) is 0 Å². The van der Waals surface area contributed by atoms with Crippen LogP contribution in [-0.4, -0.2) is 35.1 Å². The second kappa shape index (κ2) is 8.39. The molecule has 2 heterocycles. The molecule has 156 valence electrons. The summed E-state index contributed by atoms with van der Waals surface area (Å²) in [7, 11) is 0. The van der Waals surface area contributed by atoms with Crippen LogP contribution in [0.1, 0.15) is 49.6 Å². The molecule has 1 amide bonds. The maximum Gasteiger partial charge on any atom is 0.260 e. The summed E-state index contributed by atoms with van der Waals surface area (Å²) >= 11 is 0. The largest absolute Gasteiger partial charge is 0.484 e. The highest BCUT2D eigenvalue weighted by Gasteiger charge is 2.27. The molecule has 1 aliphatic carbocycles. The smallest absolute Gasteiger partial charge is 0.260 e. The van der Waals surface area contributed by atoms with Gasteiger partial charge in [-0.25, -0.2) is 0 Å². The Morgan fingerprint density at radius 3 is 2.50 bits per heavy atom. The van der Waals surface area contributed by atoms with Gasteiger partial charge in [0.05, 0.1) is 6.04 Å². The lowest BCUT2D eigenvalue weighted by atomic mass is 10.0. The molecule has 2 fully saturated rings. The number of carbonyl (C=O) groups excluding carboxylic acids is 1. The van der Waals surface area contributed by atoms with Gasteiger partial charge in [-0.15, -0.1) is 0 Å². The van der Waals surface area contributed by atoms with Crippen LogP contribution in [0.5, 0.6) is 5.75 Å². The van der Waals surface area contributed by atoms with E-state index in [4.69, 9.17) is 4.74 Å². The molecular weight excluding hydrogens is 376 g/mol. The molecular formula is C25H28N2O3. The predicted molar refractivity (Wildman–Crippen MR) is 117 cm³/mol. The van der Waals surface area contributed by atoms with Gasteiger partial charge in [0.2, 0.25) is 0 Å². The fourth-order valence-corrected chi connectivity index (χ4v) is 3.81. The number of benzene rings is 1. The van der Waals surface area contributed by atoms with Crippen molar-refractivity contribution < 1.29 is 9.53 Å². The third kappa shape index (κ3) is 4.59. The van der Waals surface area contributed by atoms with Crippen molar-refractivity contribution in [2.75, 3.05) is 19.7 Å². The Balaban J connectivity index is 1.44. The second-order valence-corrected chi connectivity index (χ2v) is 8.57. The number of aromatic nitrogens is 1. The summed E-state index contributed by atoms with van der Waals surface area (Å²) in [6, 6.07) is 11.3. The zero-order valence-electron chi connectivity index (χ0n) is 17.9. The van der Waals surface area contributed by atoms with Gasteiger partial charge >= 0.3 is 0 Å². The number of pyridine rings is 1. The van der Waals surface area contributed by atoms with Gasteiger partial charge in [-0.1, -0.05) is 30.9 Å². The third-order valence-corrected chi connectivity index (χ3v) is 5.79. The van der Waals surface area contributed by atoms with Gasteiger partial charge in [-0.05, 0) is 56.4 Å². The Bertz CT molecular complexity index is 1050. The molecule has 2 aliphatic rings. The number of hydrogen-bond acceptors (Lipinski definition) is 3. The zero-order chi connectivity index (χ0) is 21.3. The van der Waals surface area contributed by atoms with E-state index in [-0.39, 0.29) is 24.1 Å². The third-order valence-electron chi connectivity index (χ3n) is 5.79. The molecule has 0 unspecified atom stereocenters. The van der Waals surface area contributed by atoms with E-state index in [1.165, 1.54) is 18.9 Å². The fraction of sp³-hybridized carbons (Fsp3) is 0.440. The summed E-state index contributed by atoms with van der Waals surface area (Å²) in [4.78, 5) is 26.7. The molecule has 0 N–H and O–H groups in total. The number of rotatable bonds is 5. The van der Waals surface area contributed by atoms with Crippen molar-refractivity contribution in [2.45, 2.75) is 39.7 Å². The van der Waals surface area contributed by atoms with Crippen LogP contribution in [0.15, 0.2) is 41.2 Å². The highest BCUT2D eigenvalue weighted by atomic mass is 16.5. The average molecular weight is 405 g/mol. The molecule has 1 atom stereocenters.